The Balaban J connectivity index is 1.63. The first-order valence-electron chi connectivity index (χ1n) is 13.5. The van der Waals surface area contributed by atoms with E-state index in [0.717, 1.165) is 40.8 Å². The number of aliphatic carboxylic acids is 2. The van der Waals surface area contributed by atoms with Gasteiger partial charge in [0.15, 0.2) is 0 Å². The van der Waals surface area contributed by atoms with E-state index in [4.69, 9.17) is 9.57 Å². The third-order valence-corrected chi connectivity index (χ3v) is 8.10. The van der Waals surface area contributed by atoms with Gasteiger partial charge in [0.1, 0.15) is 24.9 Å². The highest BCUT2D eigenvalue weighted by Gasteiger charge is 2.43. The predicted octanol–water partition coefficient (Wildman–Crippen LogP) is 6.50. The number of benzene rings is 2. The monoisotopic (exact) mass is 531 g/mol. The van der Waals surface area contributed by atoms with E-state index in [9.17, 15) is 19.8 Å². The van der Waals surface area contributed by atoms with Crippen molar-refractivity contribution < 1.29 is 29.4 Å². The van der Waals surface area contributed by atoms with Crippen LogP contribution in [0, 0.1) is 19.8 Å². The summed E-state index contributed by atoms with van der Waals surface area (Å²) < 4.78 is 6.28. The number of carboxylic acid groups (broad SMARTS) is 2. The molecule has 39 heavy (non-hydrogen) atoms. The topological polar surface area (TPSA) is 105 Å². The number of carbonyl (C=O) groups is 2. The molecule has 0 saturated heterocycles. The highest BCUT2D eigenvalue weighted by atomic mass is 16.6. The van der Waals surface area contributed by atoms with Crippen LogP contribution in [0.15, 0.2) is 64.9 Å². The van der Waals surface area contributed by atoms with Gasteiger partial charge in [0.2, 0.25) is 0 Å². The molecule has 2 aliphatic carbocycles. The number of allylic oxidation sites excluding steroid dienone is 2. The first-order chi connectivity index (χ1) is 18.7. The fourth-order valence-corrected chi connectivity index (χ4v) is 5.81. The van der Waals surface area contributed by atoms with Crippen LogP contribution in [0.25, 0.3) is 0 Å². The van der Waals surface area contributed by atoms with Crippen molar-refractivity contribution in [3.63, 3.8) is 0 Å². The van der Waals surface area contributed by atoms with Crippen molar-refractivity contribution in [1.29, 1.82) is 0 Å². The summed E-state index contributed by atoms with van der Waals surface area (Å²) in [4.78, 5) is 29.8. The van der Waals surface area contributed by atoms with E-state index in [1.165, 1.54) is 19.3 Å². The summed E-state index contributed by atoms with van der Waals surface area (Å²) >= 11 is 0. The van der Waals surface area contributed by atoms with E-state index in [2.05, 4.69) is 11.2 Å². The standard InChI is InChI=1S/C32H37NO6/c1-20-9-8-12-27(32(31(36)37)16-15-21(2)25(18-32)30(34)35)26(20)19-39-28-14-13-24(17-22(28)3)29(33-38-4)23-10-6-5-7-11-23/h8-9,12-17,23H,5-7,10-11,18-19H2,1-4H3,(H,34,35)(H,36,37). The minimum atomic E-state index is -1.50. The Morgan fingerprint density at radius 1 is 1.03 bits per heavy atom. The molecule has 7 heteroatoms. The normalized spacial score (nSPS) is 20.2. The van der Waals surface area contributed by atoms with Gasteiger partial charge in [-0.2, -0.15) is 0 Å². The van der Waals surface area contributed by atoms with Gasteiger partial charge < -0.3 is 19.8 Å². The van der Waals surface area contributed by atoms with Crippen LogP contribution < -0.4 is 4.74 Å². The number of ether oxygens (including phenoxy) is 1. The number of rotatable bonds is 9. The van der Waals surface area contributed by atoms with Crippen molar-refractivity contribution in [3.05, 3.63) is 87.5 Å². The molecule has 7 nitrogen and oxygen atoms in total. The van der Waals surface area contributed by atoms with Gasteiger partial charge in [-0.05, 0) is 79.6 Å². The number of aryl methyl sites for hydroxylation is 2. The van der Waals surface area contributed by atoms with Crippen LogP contribution in [-0.2, 0) is 26.4 Å². The third-order valence-electron chi connectivity index (χ3n) is 8.10. The maximum Gasteiger partial charge on any atom is 0.331 e. The Hall–Kier alpha value is -3.87. The molecule has 0 radical (unpaired) electrons. The Morgan fingerprint density at radius 3 is 2.41 bits per heavy atom. The van der Waals surface area contributed by atoms with Crippen LogP contribution in [0.5, 0.6) is 5.75 Å². The zero-order valence-electron chi connectivity index (χ0n) is 23.1. The molecule has 4 rings (SSSR count). The average molecular weight is 532 g/mol. The highest BCUT2D eigenvalue weighted by molar-refractivity contribution is 6.02. The van der Waals surface area contributed by atoms with E-state index >= 15 is 0 Å². The molecule has 1 saturated carbocycles. The first-order valence-corrected chi connectivity index (χ1v) is 13.5. The Bertz CT molecular complexity index is 1350. The van der Waals surface area contributed by atoms with E-state index in [1.54, 1.807) is 38.3 Å². The Kier molecular flexibility index (Phi) is 8.58. The summed E-state index contributed by atoms with van der Waals surface area (Å²) in [6.45, 7) is 5.74. The van der Waals surface area contributed by atoms with Crippen LogP contribution >= 0.6 is 0 Å². The van der Waals surface area contributed by atoms with Gasteiger partial charge in [0.05, 0.1) is 5.71 Å². The molecule has 0 bridgehead atoms. The highest BCUT2D eigenvalue weighted by Crippen LogP contribution is 2.41. The summed E-state index contributed by atoms with van der Waals surface area (Å²) in [5.74, 6) is -1.12. The van der Waals surface area contributed by atoms with Gasteiger partial charge in [-0.25, -0.2) is 4.79 Å². The van der Waals surface area contributed by atoms with Gasteiger partial charge >= 0.3 is 11.9 Å². The van der Waals surface area contributed by atoms with Crippen molar-refractivity contribution in [3.8, 4) is 5.75 Å². The lowest BCUT2D eigenvalue weighted by atomic mass is 9.69. The van der Waals surface area contributed by atoms with E-state index in [-0.39, 0.29) is 18.6 Å². The number of oxime groups is 1. The van der Waals surface area contributed by atoms with Crippen molar-refractivity contribution in [2.75, 3.05) is 7.11 Å². The zero-order chi connectivity index (χ0) is 28.2. The molecular formula is C32H37NO6. The van der Waals surface area contributed by atoms with Crippen molar-refractivity contribution in [1.82, 2.24) is 0 Å². The van der Waals surface area contributed by atoms with Crippen LogP contribution in [0.3, 0.4) is 0 Å². The predicted molar refractivity (Wildman–Crippen MR) is 150 cm³/mol. The maximum atomic E-state index is 12.7. The molecule has 1 fully saturated rings. The fraction of sp³-hybridized carbons (Fsp3) is 0.406. The second kappa shape index (κ2) is 11.9. The zero-order valence-corrected chi connectivity index (χ0v) is 23.1. The Morgan fingerprint density at radius 2 is 1.77 bits per heavy atom. The summed E-state index contributed by atoms with van der Waals surface area (Å²) in [6, 6.07) is 11.5. The molecular weight excluding hydrogens is 494 g/mol. The number of carboxylic acids is 2. The van der Waals surface area contributed by atoms with Crippen LogP contribution in [0.4, 0.5) is 0 Å². The number of hydrogen-bond donors (Lipinski definition) is 2. The summed E-state index contributed by atoms with van der Waals surface area (Å²) in [6.07, 6.45) is 8.94. The molecule has 0 amide bonds. The van der Waals surface area contributed by atoms with Crippen LogP contribution in [0.2, 0.25) is 0 Å². The molecule has 0 spiro atoms. The van der Waals surface area contributed by atoms with E-state index in [0.29, 0.717) is 22.8 Å². The molecule has 0 aliphatic heterocycles. The lowest BCUT2D eigenvalue weighted by Crippen LogP contribution is -2.38. The average Bonchev–Trinajstić information content (AvgIpc) is 2.92. The molecule has 1 atom stereocenters. The molecule has 206 valence electrons. The lowest BCUT2D eigenvalue weighted by molar-refractivity contribution is -0.142. The van der Waals surface area contributed by atoms with Crippen LogP contribution in [-0.4, -0.2) is 35.0 Å². The Labute approximate surface area is 229 Å². The van der Waals surface area contributed by atoms with Gasteiger partial charge in [0.25, 0.3) is 0 Å². The summed E-state index contributed by atoms with van der Waals surface area (Å²) in [7, 11) is 1.58. The molecule has 2 N–H and O–H groups in total. The van der Waals surface area contributed by atoms with E-state index < -0.39 is 17.4 Å². The largest absolute Gasteiger partial charge is 0.489 e. The SMILES string of the molecule is CON=C(c1ccc(OCc2c(C)cccc2C2(C(=O)O)C=CC(C)=C(C(=O)O)C2)c(C)c1)C1CCCCC1. The van der Waals surface area contributed by atoms with Gasteiger partial charge in [-0.15, -0.1) is 0 Å². The summed E-state index contributed by atoms with van der Waals surface area (Å²) in [5, 5.41) is 24.5. The van der Waals surface area contributed by atoms with Gasteiger partial charge in [-0.3, -0.25) is 4.79 Å². The van der Waals surface area contributed by atoms with Crippen LogP contribution in [0.1, 0.15) is 73.3 Å². The molecule has 2 aromatic rings. The van der Waals surface area contributed by atoms with Crippen molar-refractivity contribution in [2.45, 2.75) is 71.3 Å². The molecule has 2 aliphatic rings. The maximum absolute atomic E-state index is 12.7. The third kappa shape index (κ3) is 5.77. The van der Waals surface area contributed by atoms with Crippen molar-refractivity contribution in [2.24, 2.45) is 11.1 Å². The lowest BCUT2D eigenvalue weighted by Gasteiger charge is -2.32. The first kappa shape index (κ1) is 28.1. The minimum absolute atomic E-state index is 0.103. The molecule has 2 aromatic carbocycles. The quantitative estimate of drug-likeness (QED) is 0.283. The molecule has 0 heterocycles. The van der Waals surface area contributed by atoms with Crippen molar-refractivity contribution >= 4 is 17.7 Å². The van der Waals surface area contributed by atoms with E-state index in [1.807, 2.05) is 32.0 Å². The smallest absolute Gasteiger partial charge is 0.331 e. The minimum Gasteiger partial charge on any atom is -0.489 e. The second-order valence-electron chi connectivity index (χ2n) is 10.6. The fourth-order valence-electron chi connectivity index (χ4n) is 5.81. The number of nitrogens with zero attached hydrogens (tertiary/aromatic N) is 1. The molecule has 0 aromatic heterocycles. The van der Waals surface area contributed by atoms with Gasteiger partial charge in [0, 0.05) is 23.5 Å². The second-order valence-corrected chi connectivity index (χ2v) is 10.6. The molecule has 1 unspecified atom stereocenters. The number of hydrogen-bond acceptors (Lipinski definition) is 5. The van der Waals surface area contributed by atoms with Gasteiger partial charge in [-0.1, -0.05) is 54.8 Å². The summed E-state index contributed by atoms with van der Waals surface area (Å²) in [5.41, 5.74) is 4.26.